The molecule has 3 N–H and O–H groups in total. The van der Waals surface area contributed by atoms with Gasteiger partial charge in [-0.1, -0.05) is 68.4 Å². The van der Waals surface area contributed by atoms with Gasteiger partial charge in [-0.3, -0.25) is 19.2 Å². The summed E-state index contributed by atoms with van der Waals surface area (Å²) in [6, 6.07) is 22.3. The van der Waals surface area contributed by atoms with Gasteiger partial charge in [0.25, 0.3) is 5.91 Å². The maximum Gasteiger partial charge on any atom is 0.255 e. The number of rotatable bonds is 8. The zero-order chi connectivity index (χ0) is 31.5. The van der Waals surface area contributed by atoms with E-state index in [1.807, 2.05) is 68.4 Å². The fourth-order valence-electron chi connectivity index (χ4n) is 4.87. The normalized spacial score (nSPS) is 17.9. The van der Waals surface area contributed by atoms with Crippen molar-refractivity contribution in [1.29, 1.82) is 0 Å². The van der Waals surface area contributed by atoms with Crippen LogP contribution < -0.4 is 25.4 Å². The molecular formula is C34H40N4O6. The highest BCUT2D eigenvalue weighted by molar-refractivity contribution is 6.01. The molecule has 3 aromatic rings. The lowest BCUT2D eigenvalue weighted by Crippen LogP contribution is -2.53. The molecule has 1 aliphatic heterocycles. The van der Waals surface area contributed by atoms with Crippen molar-refractivity contribution in [2.75, 3.05) is 33.4 Å². The molecule has 3 aromatic carbocycles. The van der Waals surface area contributed by atoms with E-state index in [0.717, 1.165) is 11.1 Å². The Hall–Kier alpha value is -4.86. The van der Waals surface area contributed by atoms with E-state index >= 15 is 0 Å². The Balaban J connectivity index is 1.43. The van der Waals surface area contributed by atoms with Crippen LogP contribution in [0.15, 0.2) is 78.9 Å². The number of amides is 4. The summed E-state index contributed by atoms with van der Waals surface area (Å²) >= 11 is 0. The van der Waals surface area contributed by atoms with E-state index in [4.69, 9.17) is 9.47 Å². The first kappa shape index (κ1) is 32.1. The Morgan fingerprint density at radius 2 is 1.64 bits per heavy atom. The van der Waals surface area contributed by atoms with Crippen molar-refractivity contribution in [1.82, 2.24) is 20.9 Å². The van der Waals surface area contributed by atoms with Crippen molar-refractivity contribution in [3.8, 4) is 22.6 Å². The van der Waals surface area contributed by atoms with Crippen molar-refractivity contribution >= 4 is 23.6 Å². The minimum atomic E-state index is -1.20. The molecule has 0 saturated heterocycles. The largest absolute Gasteiger partial charge is 0.492 e. The van der Waals surface area contributed by atoms with Crippen molar-refractivity contribution < 1.29 is 28.7 Å². The number of benzene rings is 3. The number of nitrogens with one attached hydrogen (secondary N) is 3. The topological polar surface area (TPSA) is 126 Å². The van der Waals surface area contributed by atoms with E-state index in [1.165, 1.54) is 4.90 Å². The fraction of sp³-hybridized carbons (Fsp3) is 0.353. The molecule has 0 fully saturated rings. The third kappa shape index (κ3) is 9.07. The Labute approximate surface area is 258 Å². The van der Waals surface area contributed by atoms with Crippen LogP contribution in [0, 0.1) is 5.92 Å². The van der Waals surface area contributed by atoms with Gasteiger partial charge < -0.3 is 30.3 Å². The summed E-state index contributed by atoms with van der Waals surface area (Å²) in [4.78, 5) is 54.4. The second-order valence-electron chi connectivity index (χ2n) is 11.1. The lowest BCUT2D eigenvalue weighted by atomic mass is 10.0. The predicted octanol–water partition coefficient (Wildman–Crippen LogP) is 3.42. The van der Waals surface area contributed by atoms with Crippen LogP contribution in [-0.2, 0) is 14.4 Å². The lowest BCUT2D eigenvalue weighted by molar-refractivity contribution is -0.136. The molecule has 0 aromatic heterocycles. The third-order valence-electron chi connectivity index (χ3n) is 7.18. The molecule has 0 radical (unpaired) electrons. The molecule has 10 heteroatoms. The van der Waals surface area contributed by atoms with E-state index in [2.05, 4.69) is 16.0 Å². The summed E-state index contributed by atoms with van der Waals surface area (Å²) in [5.74, 6) is -0.777. The molecule has 0 spiro atoms. The standard InChI is InChI=1S/C34H40N4O6/c1-23(2)21-29-34(42)38(3)18-20-44-30-12-8-7-11-27(30)32(40)37-28(22-31(39)36-29)33(41)35-17-19-43-26-15-13-25(14-16-26)24-9-5-4-6-10-24/h4-16,23,28-29H,17-22H2,1-3H3,(H,35,41)(H,36,39)(H,37,40)/t28-,29+/m0/s1. The van der Waals surface area contributed by atoms with E-state index in [1.54, 1.807) is 31.3 Å². The Bertz CT molecular complexity index is 1430. The number of para-hydroxylation sites is 1. The second kappa shape index (κ2) is 15.6. The van der Waals surface area contributed by atoms with Crippen molar-refractivity contribution in [3.63, 3.8) is 0 Å². The number of nitrogens with zero attached hydrogens (tertiary/aromatic N) is 1. The van der Waals surface area contributed by atoms with Crippen LogP contribution in [0.3, 0.4) is 0 Å². The third-order valence-corrected chi connectivity index (χ3v) is 7.18. The van der Waals surface area contributed by atoms with Gasteiger partial charge in [-0.2, -0.15) is 0 Å². The van der Waals surface area contributed by atoms with Gasteiger partial charge in [-0.25, -0.2) is 0 Å². The molecule has 4 amide bonds. The number of carbonyl (C=O) groups is 4. The molecule has 0 aliphatic carbocycles. The molecule has 0 saturated carbocycles. The van der Waals surface area contributed by atoms with Gasteiger partial charge in [0.15, 0.2) is 0 Å². The first-order chi connectivity index (χ1) is 21.2. The number of fused-ring (bicyclic) bond motifs is 1. The van der Waals surface area contributed by atoms with Gasteiger partial charge in [-0.15, -0.1) is 0 Å². The van der Waals surface area contributed by atoms with Crippen LogP contribution >= 0.6 is 0 Å². The SMILES string of the molecule is CC(C)C[C@H]1NC(=O)C[C@@H](C(=O)NCCOc2ccc(-c3ccccc3)cc2)NC(=O)c2ccccc2OCCN(C)C1=O. The Kier molecular flexibility index (Phi) is 11.3. The van der Waals surface area contributed by atoms with Crippen LogP contribution in [0.1, 0.15) is 37.0 Å². The highest BCUT2D eigenvalue weighted by Crippen LogP contribution is 2.22. The summed E-state index contributed by atoms with van der Waals surface area (Å²) in [5, 5.41) is 8.22. The van der Waals surface area contributed by atoms with E-state index in [9.17, 15) is 19.2 Å². The zero-order valence-corrected chi connectivity index (χ0v) is 25.4. The molecule has 0 unspecified atom stereocenters. The molecular weight excluding hydrogens is 560 g/mol. The van der Waals surface area contributed by atoms with Gasteiger partial charge in [0.1, 0.15) is 36.8 Å². The number of ether oxygens (including phenoxy) is 2. The quantitative estimate of drug-likeness (QED) is 0.340. The van der Waals surface area contributed by atoms with E-state index < -0.39 is 29.8 Å². The van der Waals surface area contributed by atoms with Gasteiger partial charge in [0, 0.05) is 7.05 Å². The first-order valence-corrected chi connectivity index (χ1v) is 14.8. The molecule has 0 bridgehead atoms. The van der Waals surface area contributed by atoms with Crippen molar-refractivity contribution in [2.24, 2.45) is 5.92 Å². The summed E-state index contributed by atoms with van der Waals surface area (Å²) in [6.45, 7) is 4.66. The summed E-state index contributed by atoms with van der Waals surface area (Å²) in [5.41, 5.74) is 2.38. The van der Waals surface area contributed by atoms with Crippen molar-refractivity contribution in [2.45, 2.75) is 38.8 Å². The van der Waals surface area contributed by atoms with E-state index in [0.29, 0.717) is 17.9 Å². The minimum Gasteiger partial charge on any atom is -0.492 e. The zero-order valence-electron chi connectivity index (χ0n) is 25.4. The summed E-state index contributed by atoms with van der Waals surface area (Å²) in [7, 11) is 1.64. The van der Waals surface area contributed by atoms with Crippen LogP contribution in [-0.4, -0.2) is 74.0 Å². The molecule has 4 rings (SSSR count). The van der Waals surface area contributed by atoms with Gasteiger partial charge in [0.2, 0.25) is 17.7 Å². The predicted molar refractivity (Wildman–Crippen MR) is 167 cm³/mol. The van der Waals surface area contributed by atoms with Crippen LogP contribution in [0.5, 0.6) is 11.5 Å². The molecule has 1 aliphatic rings. The maximum absolute atomic E-state index is 13.3. The number of hydrogen-bond donors (Lipinski definition) is 3. The monoisotopic (exact) mass is 600 g/mol. The van der Waals surface area contributed by atoms with Gasteiger partial charge >= 0.3 is 0 Å². The summed E-state index contributed by atoms with van der Waals surface area (Å²) in [6.07, 6.45) is 0.0689. The highest BCUT2D eigenvalue weighted by Gasteiger charge is 2.30. The summed E-state index contributed by atoms with van der Waals surface area (Å²) < 4.78 is 11.6. The lowest BCUT2D eigenvalue weighted by Gasteiger charge is -2.27. The molecule has 2 atom stereocenters. The van der Waals surface area contributed by atoms with Crippen molar-refractivity contribution in [3.05, 3.63) is 84.4 Å². The number of carbonyl (C=O) groups excluding carboxylic acids is 4. The average Bonchev–Trinajstić information content (AvgIpc) is 3.02. The first-order valence-electron chi connectivity index (χ1n) is 14.8. The smallest absolute Gasteiger partial charge is 0.255 e. The van der Waals surface area contributed by atoms with Crippen LogP contribution in [0.2, 0.25) is 0 Å². The molecule has 1 heterocycles. The number of likely N-dealkylation sites (N-methyl/N-ethyl adjacent to an activating group) is 1. The molecule has 44 heavy (non-hydrogen) atoms. The number of hydrogen-bond acceptors (Lipinski definition) is 6. The maximum atomic E-state index is 13.3. The average molecular weight is 601 g/mol. The van der Waals surface area contributed by atoms with Gasteiger partial charge in [0.05, 0.1) is 25.1 Å². The minimum absolute atomic E-state index is 0.132. The molecule has 10 nitrogen and oxygen atoms in total. The van der Waals surface area contributed by atoms with Gasteiger partial charge in [-0.05, 0) is 47.7 Å². The van der Waals surface area contributed by atoms with Crippen LogP contribution in [0.4, 0.5) is 0 Å². The van der Waals surface area contributed by atoms with E-state index in [-0.39, 0.29) is 50.1 Å². The van der Waals surface area contributed by atoms with Crippen LogP contribution in [0.25, 0.3) is 11.1 Å². The fourth-order valence-corrected chi connectivity index (χ4v) is 4.87. The highest BCUT2D eigenvalue weighted by atomic mass is 16.5. The Morgan fingerprint density at radius 1 is 0.955 bits per heavy atom. The molecule has 232 valence electrons. The Morgan fingerprint density at radius 3 is 2.36 bits per heavy atom. The second-order valence-corrected chi connectivity index (χ2v) is 11.1.